The molecule has 1 atom stereocenters. The largest absolute Gasteiger partial charge is 0.338 e. The molecule has 3 aromatic carbocycles. The minimum Gasteiger partial charge on any atom is -0.338 e. The maximum Gasteiger partial charge on any atom is 0.221 e. The van der Waals surface area contributed by atoms with Gasteiger partial charge in [-0.25, -0.2) is 0 Å². The van der Waals surface area contributed by atoms with E-state index in [1.807, 2.05) is 91.0 Å². The summed E-state index contributed by atoms with van der Waals surface area (Å²) in [6, 6.07) is 29.7. The Morgan fingerprint density at radius 2 is 1.17 bits per heavy atom. The third kappa shape index (κ3) is 4.66. The number of hydrogen-bond acceptors (Lipinski definition) is 3. The smallest absolute Gasteiger partial charge is 0.221 e. The number of hydrogen-bond donors (Lipinski definition) is 2. The molecule has 0 aliphatic heterocycles. The number of carbonyl (C=O) groups excluding carboxylic acids is 2. The van der Waals surface area contributed by atoms with Crippen LogP contribution in [0.3, 0.4) is 0 Å². The van der Waals surface area contributed by atoms with E-state index in [-0.39, 0.29) is 24.2 Å². The van der Waals surface area contributed by atoms with Gasteiger partial charge in [0.1, 0.15) is 11.3 Å². The second-order valence-corrected chi connectivity index (χ2v) is 7.39. The van der Waals surface area contributed by atoms with E-state index in [1.165, 1.54) is 0 Å². The van der Waals surface area contributed by atoms with E-state index < -0.39 is 5.54 Å². The van der Waals surface area contributed by atoms with Crippen molar-refractivity contribution in [3.05, 3.63) is 108 Å². The Morgan fingerprint density at radius 1 is 0.767 bits per heavy atom. The number of nitrogens with one attached hydrogen (secondary N) is 2. The summed E-state index contributed by atoms with van der Waals surface area (Å²) in [5, 5.41) is 6.30. The predicted octanol–water partition coefficient (Wildman–Crippen LogP) is 4.05. The van der Waals surface area contributed by atoms with Crippen molar-refractivity contribution in [1.29, 1.82) is 0 Å². The average Bonchev–Trinajstić information content (AvgIpc) is 2.79. The van der Waals surface area contributed by atoms with E-state index in [9.17, 15) is 9.59 Å². The van der Waals surface area contributed by atoms with Gasteiger partial charge in [-0.3, -0.25) is 9.59 Å². The molecule has 0 aliphatic rings. The van der Waals surface area contributed by atoms with E-state index in [0.29, 0.717) is 6.42 Å². The van der Waals surface area contributed by atoms with Gasteiger partial charge in [-0.15, -0.1) is 0 Å². The molecule has 3 aromatic rings. The summed E-state index contributed by atoms with van der Waals surface area (Å²) in [4.78, 5) is 24.9. The van der Waals surface area contributed by atoms with Gasteiger partial charge in [0.15, 0.2) is 0 Å². The van der Waals surface area contributed by atoms with Crippen LogP contribution in [-0.4, -0.2) is 24.8 Å². The summed E-state index contributed by atoms with van der Waals surface area (Å²) in [7, 11) is 1.74. The zero-order valence-electron chi connectivity index (χ0n) is 17.5. The van der Waals surface area contributed by atoms with Crippen molar-refractivity contribution in [2.24, 2.45) is 0 Å². The molecule has 0 aliphatic carbocycles. The summed E-state index contributed by atoms with van der Waals surface area (Å²) in [6.45, 7) is 1.54. The molecule has 1 amide bonds. The number of Topliss-reactive ketones (excluding diaryl/α,β-unsaturated/α-hetero) is 1. The van der Waals surface area contributed by atoms with Crippen LogP contribution in [0.4, 0.5) is 0 Å². The van der Waals surface area contributed by atoms with Crippen LogP contribution in [0, 0.1) is 0 Å². The standard InChI is InChI=1S/C26H28N2O2/c1-20(29)24(27-2)18-19-25(30)28-26(21-12-6-3-7-13-21,22-14-8-4-9-15-22)23-16-10-5-11-17-23/h3-17,24,27H,18-19H2,1-2H3,(H,28,30)/t24-/m0/s1. The van der Waals surface area contributed by atoms with Gasteiger partial charge in [0, 0.05) is 6.42 Å². The lowest BCUT2D eigenvalue weighted by atomic mass is 9.77. The molecule has 0 aromatic heterocycles. The molecule has 0 radical (unpaired) electrons. The molecule has 4 heteroatoms. The lowest BCUT2D eigenvalue weighted by Gasteiger charge is -2.37. The summed E-state index contributed by atoms with van der Waals surface area (Å²) in [6.07, 6.45) is 0.700. The topological polar surface area (TPSA) is 58.2 Å². The lowest BCUT2D eigenvalue weighted by Crippen LogP contribution is -2.48. The number of benzene rings is 3. The van der Waals surface area contributed by atoms with Crippen molar-refractivity contribution < 1.29 is 9.59 Å². The first-order valence-corrected chi connectivity index (χ1v) is 10.2. The Labute approximate surface area is 178 Å². The Kier molecular flexibility index (Phi) is 7.15. The van der Waals surface area contributed by atoms with Crippen LogP contribution in [0.5, 0.6) is 0 Å². The van der Waals surface area contributed by atoms with Crippen molar-refractivity contribution in [3.8, 4) is 0 Å². The third-order valence-electron chi connectivity index (χ3n) is 5.45. The van der Waals surface area contributed by atoms with E-state index >= 15 is 0 Å². The second kappa shape index (κ2) is 9.99. The highest BCUT2D eigenvalue weighted by molar-refractivity contribution is 5.83. The average molecular weight is 401 g/mol. The summed E-state index contributed by atoms with van der Waals surface area (Å²) >= 11 is 0. The van der Waals surface area contributed by atoms with Gasteiger partial charge in [-0.1, -0.05) is 91.0 Å². The Balaban J connectivity index is 2.05. The molecule has 0 bridgehead atoms. The van der Waals surface area contributed by atoms with Crippen LogP contribution in [0.1, 0.15) is 36.5 Å². The molecular weight excluding hydrogens is 372 g/mol. The first-order chi connectivity index (χ1) is 14.6. The highest BCUT2D eigenvalue weighted by atomic mass is 16.2. The van der Waals surface area contributed by atoms with Crippen molar-refractivity contribution >= 4 is 11.7 Å². The fourth-order valence-electron chi connectivity index (χ4n) is 3.88. The SMILES string of the molecule is CN[C@@H](CCC(=O)NC(c1ccccc1)(c1ccccc1)c1ccccc1)C(C)=O. The second-order valence-electron chi connectivity index (χ2n) is 7.39. The van der Waals surface area contributed by atoms with Crippen LogP contribution in [-0.2, 0) is 15.1 Å². The normalized spacial score (nSPS) is 12.2. The maximum atomic E-state index is 13.2. The molecule has 3 rings (SSSR count). The van der Waals surface area contributed by atoms with E-state index in [4.69, 9.17) is 0 Å². The minimum absolute atomic E-state index is 0.0331. The summed E-state index contributed by atoms with van der Waals surface area (Å²) in [5.74, 6) is -0.0706. The molecule has 154 valence electrons. The molecule has 0 fully saturated rings. The molecule has 4 nitrogen and oxygen atoms in total. The van der Waals surface area contributed by atoms with Gasteiger partial charge in [0.05, 0.1) is 6.04 Å². The molecule has 0 unspecified atom stereocenters. The number of carbonyl (C=O) groups is 2. The van der Waals surface area contributed by atoms with Crippen LogP contribution < -0.4 is 10.6 Å². The minimum atomic E-state index is -0.827. The Bertz CT molecular complexity index is 859. The molecular formula is C26H28N2O2. The highest BCUT2D eigenvalue weighted by Crippen LogP contribution is 2.36. The van der Waals surface area contributed by atoms with Crippen molar-refractivity contribution in [2.45, 2.75) is 31.3 Å². The van der Waals surface area contributed by atoms with Gasteiger partial charge >= 0.3 is 0 Å². The van der Waals surface area contributed by atoms with Gasteiger partial charge in [0.2, 0.25) is 5.91 Å². The van der Waals surface area contributed by atoms with Crippen LogP contribution in [0.2, 0.25) is 0 Å². The molecule has 0 saturated carbocycles. The van der Waals surface area contributed by atoms with Gasteiger partial charge in [-0.2, -0.15) is 0 Å². The van der Waals surface area contributed by atoms with E-state index in [2.05, 4.69) is 10.6 Å². The Morgan fingerprint density at radius 3 is 1.50 bits per heavy atom. The number of ketones is 1. The monoisotopic (exact) mass is 400 g/mol. The lowest BCUT2D eigenvalue weighted by molar-refractivity contribution is -0.123. The molecule has 0 spiro atoms. The van der Waals surface area contributed by atoms with E-state index in [1.54, 1.807) is 14.0 Å². The van der Waals surface area contributed by atoms with Gasteiger partial charge < -0.3 is 10.6 Å². The zero-order valence-corrected chi connectivity index (χ0v) is 17.5. The number of rotatable bonds is 9. The van der Waals surface area contributed by atoms with Crippen molar-refractivity contribution in [3.63, 3.8) is 0 Å². The van der Waals surface area contributed by atoms with Gasteiger partial charge in [-0.05, 0) is 37.1 Å². The summed E-state index contributed by atoms with van der Waals surface area (Å²) in [5.41, 5.74) is 2.11. The molecule has 0 heterocycles. The number of amides is 1. The third-order valence-corrected chi connectivity index (χ3v) is 5.45. The van der Waals surface area contributed by atoms with Crippen LogP contribution >= 0.6 is 0 Å². The fraction of sp³-hybridized carbons (Fsp3) is 0.231. The van der Waals surface area contributed by atoms with Crippen LogP contribution in [0.15, 0.2) is 91.0 Å². The van der Waals surface area contributed by atoms with Crippen molar-refractivity contribution in [1.82, 2.24) is 10.6 Å². The fourth-order valence-corrected chi connectivity index (χ4v) is 3.88. The van der Waals surface area contributed by atoms with E-state index in [0.717, 1.165) is 16.7 Å². The predicted molar refractivity (Wildman–Crippen MR) is 120 cm³/mol. The van der Waals surface area contributed by atoms with Crippen molar-refractivity contribution in [2.75, 3.05) is 7.05 Å². The molecule has 0 saturated heterocycles. The molecule has 2 N–H and O–H groups in total. The summed E-state index contributed by atoms with van der Waals surface area (Å²) < 4.78 is 0. The number of likely N-dealkylation sites (N-methyl/N-ethyl adjacent to an activating group) is 1. The zero-order chi connectivity index (χ0) is 21.4. The highest BCUT2D eigenvalue weighted by Gasteiger charge is 2.37. The first kappa shape index (κ1) is 21.5. The Hall–Kier alpha value is -3.24. The maximum absolute atomic E-state index is 13.2. The first-order valence-electron chi connectivity index (χ1n) is 10.2. The quantitative estimate of drug-likeness (QED) is 0.533. The van der Waals surface area contributed by atoms with Gasteiger partial charge in [0.25, 0.3) is 0 Å². The molecule has 30 heavy (non-hydrogen) atoms. The van der Waals surface area contributed by atoms with Crippen LogP contribution in [0.25, 0.3) is 0 Å².